The van der Waals surface area contributed by atoms with Crippen molar-refractivity contribution in [3.8, 4) is 28.7 Å². The third-order valence-corrected chi connectivity index (χ3v) is 4.47. The first kappa shape index (κ1) is 15.6. The van der Waals surface area contributed by atoms with Crippen LogP contribution in [0.25, 0.3) is 32.3 Å². The summed E-state index contributed by atoms with van der Waals surface area (Å²) in [5.74, 6) is -3.81. The van der Waals surface area contributed by atoms with Crippen LogP contribution in [0.5, 0.6) is 28.7 Å². The van der Waals surface area contributed by atoms with Crippen LogP contribution < -0.4 is 10.8 Å². The zero-order chi connectivity index (χ0) is 18.7. The van der Waals surface area contributed by atoms with Crippen LogP contribution in [0.4, 0.5) is 0 Å². The molecular weight excluding hydrogens is 338 g/mol. The molecule has 4 aromatic rings. The lowest BCUT2D eigenvalue weighted by Crippen LogP contribution is -2.14. The summed E-state index contributed by atoms with van der Waals surface area (Å²) in [7, 11) is 0. The van der Waals surface area contributed by atoms with Gasteiger partial charge in [-0.05, 0) is 40.4 Å². The first-order valence-corrected chi connectivity index (χ1v) is 7.57. The van der Waals surface area contributed by atoms with Crippen LogP contribution in [0.2, 0.25) is 0 Å². The third kappa shape index (κ3) is 1.91. The SMILES string of the molecule is NC(=O)c1c(O)cc2cc3cc4cccc(O)c4c(O)c3c(O)c2c1[O-]. The van der Waals surface area contributed by atoms with Crippen molar-refractivity contribution in [2.24, 2.45) is 5.73 Å². The van der Waals surface area contributed by atoms with Crippen LogP contribution in [0, 0.1) is 0 Å². The molecule has 4 aromatic carbocycles. The molecule has 6 N–H and O–H groups in total. The van der Waals surface area contributed by atoms with Crippen molar-refractivity contribution in [3.63, 3.8) is 0 Å². The molecule has 130 valence electrons. The van der Waals surface area contributed by atoms with Gasteiger partial charge in [0.15, 0.2) is 0 Å². The molecule has 26 heavy (non-hydrogen) atoms. The Morgan fingerprint density at radius 3 is 2.12 bits per heavy atom. The highest BCUT2D eigenvalue weighted by molar-refractivity contribution is 6.18. The van der Waals surface area contributed by atoms with Crippen molar-refractivity contribution in [1.29, 1.82) is 0 Å². The van der Waals surface area contributed by atoms with Gasteiger partial charge in [-0.15, -0.1) is 0 Å². The summed E-state index contributed by atoms with van der Waals surface area (Å²) in [5.41, 5.74) is 4.49. The molecule has 0 bridgehead atoms. The Morgan fingerprint density at radius 2 is 1.42 bits per heavy atom. The number of primary amides is 1. The minimum atomic E-state index is -1.13. The molecule has 0 radical (unpaired) electrons. The number of aromatic hydroxyl groups is 4. The van der Waals surface area contributed by atoms with Crippen LogP contribution in [-0.4, -0.2) is 26.3 Å². The highest BCUT2D eigenvalue weighted by atomic mass is 16.3. The Kier molecular flexibility index (Phi) is 3.05. The fourth-order valence-electron chi connectivity index (χ4n) is 3.35. The van der Waals surface area contributed by atoms with Crippen molar-refractivity contribution in [2.45, 2.75) is 0 Å². The monoisotopic (exact) mass is 350 g/mol. The predicted octanol–water partition coefficient (Wildman–Crippen LogP) is 2.14. The second kappa shape index (κ2) is 5.06. The number of carbonyl (C=O) groups excluding carboxylic acids is 1. The van der Waals surface area contributed by atoms with Crippen LogP contribution in [0.1, 0.15) is 10.4 Å². The van der Waals surface area contributed by atoms with Crippen molar-refractivity contribution in [3.05, 3.63) is 42.0 Å². The molecular formula is C19H12NO6-. The molecule has 7 heteroatoms. The zero-order valence-electron chi connectivity index (χ0n) is 13.1. The van der Waals surface area contributed by atoms with Gasteiger partial charge in [0, 0.05) is 5.39 Å². The zero-order valence-corrected chi connectivity index (χ0v) is 13.1. The van der Waals surface area contributed by atoms with Gasteiger partial charge in [-0.2, -0.15) is 0 Å². The van der Waals surface area contributed by atoms with Gasteiger partial charge in [-0.25, -0.2) is 0 Å². The maximum absolute atomic E-state index is 12.5. The van der Waals surface area contributed by atoms with E-state index in [2.05, 4.69) is 0 Å². The summed E-state index contributed by atoms with van der Waals surface area (Å²) in [5, 5.41) is 54.6. The van der Waals surface area contributed by atoms with Crippen LogP contribution in [0.15, 0.2) is 36.4 Å². The van der Waals surface area contributed by atoms with E-state index in [4.69, 9.17) is 5.73 Å². The quantitative estimate of drug-likeness (QED) is 0.332. The van der Waals surface area contributed by atoms with Crippen molar-refractivity contribution < 1.29 is 30.3 Å². The number of fused-ring (bicyclic) bond motifs is 3. The smallest absolute Gasteiger partial charge is 0.251 e. The molecule has 0 spiro atoms. The van der Waals surface area contributed by atoms with E-state index < -0.39 is 34.5 Å². The maximum Gasteiger partial charge on any atom is 0.251 e. The first-order chi connectivity index (χ1) is 12.3. The molecule has 0 atom stereocenters. The topological polar surface area (TPSA) is 147 Å². The Balaban J connectivity index is 2.28. The van der Waals surface area contributed by atoms with E-state index in [9.17, 15) is 30.3 Å². The lowest BCUT2D eigenvalue weighted by atomic mass is 9.95. The Labute approximate surface area is 145 Å². The van der Waals surface area contributed by atoms with Crippen molar-refractivity contribution in [2.75, 3.05) is 0 Å². The summed E-state index contributed by atoms with van der Waals surface area (Å²) < 4.78 is 0. The number of hydrogen-bond donors (Lipinski definition) is 5. The highest BCUT2D eigenvalue weighted by Crippen LogP contribution is 2.48. The third-order valence-electron chi connectivity index (χ3n) is 4.47. The normalized spacial score (nSPS) is 11.4. The van der Waals surface area contributed by atoms with E-state index in [1.165, 1.54) is 12.1 Å². The molecule has 1 amide bonds. The molecule has 7 nitrogen and oxygen atoms in total. The van der Waals surface area contributed by atoms with Crippen LogP contribution in [-0.2, 0) is 0 Å². The van der Waals surface area contributed by atoms with Gasteiger partial charge in [0.25, 0.3) is 5.91 Å². The number of carbonyl (C=O) groups is 1. The van der Waals surface area contributed by atoms with Crippen LogP contribution >= 0.6 is 0 Å². The first-order valence-electron chi connectivity index (χ1n) is 7.57. The molecule has 0 fully saturated rings. The number of nitrogens with two attached hydrogens (primary N) is 1. The van der Waals surface area contributed by atoms with Crippen molar-refractivity contribution in [1.82, 2.24) is 0 Å². The van der Waals surface area contributed by atoms with Gasteiger partial charge in [0.05, 0.1) is 16.3 Å². The summed E-state index contributed by atoms with van der Waals surface area (Å²) in [4.78, 5) is 11.4. The van der Waals surface area contributed by atoms with E-state index in [1.54, 1.807) is 18.2 Å². The molecule has 0 aliphatic heterocycles. The van der Waals surface area contributed by atoms with E-state index in [-0.39, 0.29) is 27.3 Å². The highest BCUT2D eigenvalue weighted by Gasteiger charge is 2.19. The Morgan fingerprint density at radius 1 is 0.808 bits per heavy atom. The number of phenolic OH excluding ortho intramolecular Hbond substituents is 3. The molecule has 4 rings (SSSR count). The minimum Gasteiger partial charge on any atom is -0.871 e. The summed E-state index contributed by atoms with van der Waals surface area (Å²) >= 11 is 0. The van der Waals surface area contributed by atoms with Crippen LogP contribution in [0.3, 0.4) is 0 Å². The fourth-order valence-corrected chi connectivity index (χ4v) is 3.35. The lowest BCUT2D eigenvalue weighted by molar-refractivity contribution is -0.266. The van der Waals surface area contributed by atoms with Gasteiger partial charge < -0.3 is 31.3 Å². The molecule has 0 aliphatic carbocycles. The number of benzene rings is 4. The molecule has 0 aromatic heterocycles. The number of phenols is 4. The standard InChI is InChI=1S/C19H13NO6/c20-19(26)15-11(22)6-9-5-8-4-7-2-1-3-10(21)12(7)16(23)13(8)17(24)14(9)18(15)25/h1-6,21-25H,(H2,20,26)/p-1. The number of rotatable bonds is 1. The molecule has 0 heterocycles. The number of amides is 1. The van der Waals surface area contributed by atoms with Gasteiger partial charge in [0.2, 0.25) is 0 Å². The summed E-state index contributed by atoms with van der Waals surface area (Å²) in [6.45, 7) is 0. The average Bonchev–Trinajstić information content (AvgIpc) is 2.53. The van der Waals surface area contributed by atoms with Gasteiger partial charge in [0.1, 0.15) is 23.0 Å². The Hall–Kier alpha value is -3.87. The molecule has 0 aliphatic rings. The second-order valence-corrected chi connectivity index (χ2v) is 5.99. The number of hydrogen-bond acceptors (Lipinski definition) is 6. The second-order valence-electron chi connectivity index (χ2n) is 5.99. The van der Waals surface area contributed by atoms with Gasteiger partial charge in [-0.3, -0.25) is 4.79 Å². The van der Waals surface area contributed by atoms with Crippen molar-refractivity contribution >= 4 is 38.2 Å². The fraction of sp³-hybridized carbons (Fsp3) is 0. The minimum absolute atomic E-state index is 0.0512. The Bertz CT molecular complexity index is 1260. The van der Waals surface area contributed by atoms with E-state index in [1.807, 2.05) is 0 Å². The molecule has 0 saturated heterocycles. The van der Waals surface area contributed by atoms with E-state index in [0.29, 0.717) is 10.8 Å². The maximum atomic E-state index is 12.5. The largest absolute Gasteiger partial charge is 0.871 e. The lowest BCUT2D eigenvalue weighted by Gasteiger charge is -2.19. The average molecular weight is 350 g/mol. The summed E-state index contributed by atoms with van der Waals surface area (Å²) in [6.07, 6.45) is 0. The summed E-state index contributed by atoms with van der Waals surface area (Å²) in [6, 6.07) is 8.91. The predicted molar refractivity (Wildman–Crippen MR) is 93.6 cm³/mol. The van der Waals surface area contributed by atoms with Gasteiger partial charge in [-0.1, -0.05) is 17.9 Å². The molecule has 0 unspecified atom stereocenters. The van der Waals surface area contributed by atoms with Gasteiger partial charge >= 0.3 is 0 Å². The van der Waals surface area contributed by atoms with E-state index in [0.717, 1.165) is 6.07 Å². The molecule has 0 saturated carbocycles. The van der Waals surface area contributed by atoms with E-state index >= 15 is 0 Å².